The molecule has 0 aromatic rings. The van der Waals surface area contributed by atoms with E-state index in [4.69, 9.17) is 0 Å². The first-order valence-corrected chi connectivity index (χ1v) is 7.51. The van der Waals surface area contributed by atoms with Gasteiger partial charge in [0.1, 0.15) is 4.99 Å². The minimum absolute atomic E-state index is 0.708. The molecular weight excluding hydrogens is 171 g/mol. The Hall–Kier alpha value is 0.180. The van der Waals surface area contributed by atoms with Gasteiger partial charge in [-0.3, -0.25) is 0 Å². The summed E-state index contributed by atoms with van der Waals surface area (Å²) in [5, 5.41) is 0. The van der Waals surface area contributed by atoms with E-state index in [1.54, 1.807) is 0 Å². The Bertz CT molecular complexity index is 248. The van der Waals surface area contributed by atoms with E-state index in [1.165, 1.54) is 20.3 Å². The van der Waals surface area contributed by atoms with E-state index < -0.39 is 22.0 Å². The van der Waals surface area contributed by atoms with Crippen LogP contribution in [0, 0.1) is 0 Å². The van der Waals surface area contributed by atoms with Crippen molar-refractivity contribution in [2.24, 2.45) is 0 Å². The Balaban J connectivity index is 4.74. The van der Waals surface area contributed by atoms with Gasteiger partial charge in [-0.15, -0.1) is 0 Å². The molecule has 0 aliphatic heterocycles. The molecule has 0 aliphatic carbocycles. The molecule has 5 heteroatoms. The summed E-state index contributed by atoms with van der Waals surface area (Å²) in [6.45, 7) is 4.45. The quantitative estimate of drug-likeness (QED) is 0.601. The molecule has 0 bridgehead atoms. The highest BCUT2D eigenvalue weighted by molar-refractivity contribution is 7.99. The summed E-state index contributed by atoms with van der Waals surface area (Å²) in [6.07, 6.45) is 1.11. The van der Waals surface area contributed by atoms with E-state index in [9.17, 15) is 13.0 Å². The molecule has 10 heavy (non-hydrogen) atoms. The summed E-state index contributed by atoms with van der Waals surface area (Å²) in [4.78, 5) is -0.708. The Morgan fingerprint density at radius 2 is 1.60 bits per heavy atom. The van der Waals surface area contributed by atoms with Crippen LogP contribution in [0.3, 0.4) is 0 Å². The molecule has 3 nitrogen and oxygen atoms in total. The third-order valence-electron chi connectivity index (χ3n) is 1.50. The lowest BCUT2D eigenvalue weighted by atomic mass is 11.0. The average Bonchev–Trinajstić information content (AvgIpc) is 1.59. The van der Waals surface area contributed by atoms with Gasteiger partial charge in [0.2, 0.25) is 0 Å². The predicted molar refractivity (Wildman–Crippen MR) is 43.8 cm³/mol. The van der Waals surface area contributed by atoms with Crippen LogP contribution in [-0.4, -0.2) is 33.0 Å². The molecule has 0 heterocycles. The Morgan fingerprint density at radius 1 is 1.30 bits per heavy atom. The summed E-state index contributed by atoms with van der Waals surface area (Å²) in [7, 11) is -5.59. The van der Waals surface area contributed by atoms with E-state index in [-0.39, 0.29) is 0 Å². The molecule has 0 aromatic carbocycles. The van der Waals surface area contributed by atoms with Gasteiger partial charge >= 0.3 is 0 Å². The molecule has 0 fully saturated rings. The second kappa shape index (κ2) is 2.67. The summed E-state index contributed by atoms with van der Waals surface area (Å²) in [5.41, 5.74) is 0. The Kier molecular flexibility index (Phi) is 2.71. The van der Waals surface area contributed by atoms with Crippen molar-refractivity contribution >= 4 is 17.0 Å². The summed E-state index contributed by atoms with van der Waals surface area (Å²) < 4.78 is 32.8. The molecule has 0 rings (SSSR count). The van der Waals surface area contributed by atoms with Crippen LogP contribution in [0.1, 0.15) is 6.92 Å². The van der Waals surface area contributed by atoms with E-state index in [1.807, 2.05) is 0 Å². The van der Waals surface area contributed by atoms with Gasteiger partial charge in [-0.05, 0) is 20.3 Å². The van der Waals surface area contributed by atoms with Crippen molar-refractivity contribution in [1.29, 1.82) is 0 Å². The summed E-state index contributed by atoms with van der Waals surface area (Å²) >= 11 is 0. The molecule has 0 aliphatic rings. The lowest BCUT2D eigenvalue weighted by Crippen LogP contribution is -2.15. The van der Waals surface area contributed by atoms with Gasteiger partial charge in [0.15, 0.2) is 9.84 Å². The molecule has 1 unspecified atom stereocenters. The molecule has 0 saturated carbocycles. The van der Waals surface area contributed by atoms with Gasteiger partial charge < -0.3 is 4.57 Å². The highest BCUT2D eigenvalue weighted by Gasteiger charge is 2.27. The predicted octanol–water partition coefficient (Wildman–Crippen LogP) is 1.000. The van der Waals surface area contributed by atoms with E-state index in [2.05, 4.69) is 0 Å². The van der Waals surface area contributed by atoms with Gasteiger partial charge in [0.05, 0.1) is 7.14 Å². The van der Waals surface area contributed by atoms with Crippen LogP contribution in [-0.2, 0) is 14.4 Å². The van der Waals surface area contributed by atoms with Crippen molar-refractivity contribution in [3.63, 3.8) is 0 Å². The first kappa shape index (κ1) is 10.2. The first-order valence-electron chi connectivity index (χ1n) is 2.89. The molecule has 0 N–H and O–H groups in total. The molecule has 0 spiro atoms. The second-order valence-electron chi connectivity index (χ2n) is 2.86. The lowest BCUT2D eigenvalue weighted by Gasteiger charge is -2.13. The van der Waals surface area contributed by atoms with Crippen LogP contribution >= 0.6 is 7.14 Å². The molecular formula is C5H13O3PS. The molecule has 62 valence electrons. The van der Waals surface area contributed by atoms with Crippen molar-refractivity contribution in [3.05, 3.63) is 0 Å². The van der Waals surface area contributed by atoms with Crippen LogP contribution < -0.4 is 0 Å². The van der Waals surface area contributed by atoms with Crippen LogP contribution in [0.4, 0.5) is 0 Å². The molecule has 1 atom stereocenters. The fraction of sp³-hybridized carbons (Fsp3) is 1.00. The maximum atomic E-state index is 11.2. The maximum Gasteiger partial charge on any atom is 0.157 e. The van der Waals surface area contributed by atoms with Gasteiger partial charge in [0.25, 0.3) is 0 Å². The smallest absolute Gasteiger partial charge is 0.157 e. The van der Waals surface area contributed by atoms with Crippen molar-refractivity contribution < 1.29 is 13.0 Å². The molecule has 0 saturated heterocycles. The van der Waals surface area contributed by atoms with Crippen molar-refractivity contribution in [2.45, 2.75) is 11.9 Å². The standard InChI is InChI=1S/C5H13O3PS/c1-5(9(2,3)6)10(4,7)8/h5H,1-4H3. The number of sulfone groups is 1. The number of rotatable bonds is 2. The van der Waals surface area contributed by atoms with Crippen LogP contribution in [0.15, 0.2) is 0 Å². The van der Waals surface area contributed by atoms with Crippen LogP contribution in [0.25, 0.3) is 0 Å². The largest absolute Gasteiger partial charge is 0.323 e. The first-order chi connectivity index (χ1) is 4.15. The SMILES string of the molecule is CC(P(C)(C)=O)S(C)(=O)=O. The third kappa shape index (κ3) is 2.84. The minimum atomic E-state index is -3.12. The number of hydrogen-bond donors (Lipinski definition) is 0. The minimum Gasteiger partial charge on any atom is -0.323 e. The average molecular weight is 184 g/mol. The van der Waals surface area contributed by atoms with E-state index >= 15 is 0 Å². The van der Waals surface area contributed by atoms with Crippen molar-refractivity contribution in [3.8, 4) is 0 Å². The molecule has 0 amide bonds. The molecule has 0 radical (unpaired) electrons. The summed E-state index contributed by atoms with van der Waals surface area (Å²) in [6, 6.07) is 0. The van der Waals surface area contributed by atoms with Crippen molar-refractivity contribution in [2.75, 3.05) is 19.6 Å². The van der Waals surface area contributed by atoms with Gasteiger partial charge in [-0.2, -0.15) is 0 Å². The summed E-state index contributed by atoms with van der Waals surface area (Å²) in [5.74, 6) is 0. The van der Waals surface area contributed by atoms with E-state index in [0.29, 0.717) is 0 Å². The third-order valence-corrected chi connectivity index (χ3v) is 7.16. The van der Waals surface area contributed by atoms with Gasteiger partial charge in [0, 0.05) is 6.26 Å². The fourth-order valence-electron chi connectivity index (χ4n) is 0.461. The van der Waals surface area contributed by atoms with Crippen molar-refractivity contribution in [1.82, 2.24) is 0 Å². The van der Waals surface area contributed by atoms with Gasteiger partial charge in [-0.1, -0.05) is 0 Å². The number of hydrogen-bond acceptors (Lipinski definition) is 3. The molecule has 0 aromatic heterocycles. The zero-order valence-electron chi connectivity index (χ0n) is 6.66. The second-order valence-corrected chi connectivity index (χ2v) is 9.22. The Morgan fingerprint density at radius 3 is 1.60 bits per heavy atom. The monoisotopic (exact) mass is 184 g/mol. The fourth-order valence-corrected chi connectivity index (χ4v) is 4.15. The van der Waals surface area contributed by atoms with Crippen LogP contribution in [0.5, 0.6) is 0 Å². The normalized spacial score (nSPS) is 16.8. The zero-order valence-corrected chi connectivity index (χ0v) is 8.37. The van der Waals surface area contributed by atoms with Crippen LogP contribution in [0.2, 0.25) is 0 Å². The highest BCUT2D eigenvalue weighted by atomic mass is 32.2. The topological polar surface area (TPSA) is 51.2 Å². The maximum absolute atomic E-state index is 11.2. The van der Waals surface area contributed by atoms with Gasteiger partial charge in [-0.25, -0.2) is 8.42 Å². The Labute approximate surface area is 62.1 Å². The van der Waals surface area contributed by atoms with E-state index in [0.717, 1.165) is 6.26 Å². The lowest BCUT2D eigenvalue weighted by molar-refractivity contribution is 0.574. The highest BCUT2D eigenvalue weighted by Crippen LogP contribution is 2.44. The zero-order chi connectivity index (χ0) is 8.58.